The SMILES string of the molecule is Cc1ccc(C)c(N2CC(C(=O)Nc3c(Cl)cccc3Cl)CC2=O)c1. The maximum Gasteiger partial charge on any atom is 0.229 e. The lowest BCUT2D eigenvalue weighted by atomic mass is 10.1. The number of amides is 2. The van der Waals surface area contributed by atoms with Crippen LogP contribution >= 0.6 is 23.2 Å². The first-order valence-corrected chi connectivity index (χ1v) is 8.75. The van der Waals surface area contributed by atoms with Gasteiger partial charge in [0.1, 0.15) is 0 Å². The number of benzene rings is 2. The molecular formula is C19H18Cl2N2O2. The summed E-state index contributed by atoms with van der Waals surface area (Å²) < 4.78 is 0. The highest BCUT2D eigenvalue weighted by atomic mass is 35.5. The Balaban J connectivity index is 1.78. The van der Waals surface area contributed by atoms with Gasteiger partial charge in [-0.1, -0.05) is 41.4 Å². The molecule has 3 rings (SSSR count). The molecule has 1 saturated heterocycles. The van der Waals surface area contributed by atoms with E-state index in [4.69, 9.17) is 23.2 Å². The first kappa shape index (κ1) is 17.8. The van der Waals surface area contributed by atoms with Crippen molar-refractivity contribution in [3.8, 4) is 0 Å². The zero-order valence-corrected chi connectivity index (χ0v) is 15.5. The number of carbonyl (C=O) groups excluding carboxylic acids is 2. The fourth-order valence-electron chi connectivity index (χ4n) is 2.97. The van der Waals surface area contributed by atoms with Crippen molar-refractivity contribution >= 4 is 46.4 Å². The van der Waals surface area contributed by atoms with E-state index >= 15 is 0 Å². The summed E-state index contributed by atoms with van der Waals surface area (Å²) in [5.74, 6) is -0.755. The van der Waals surface area contributed by atoms with E-state index in [-0.39, 0.29) is 18.2 Å². The highest BCUT2D eigenvalue weighted by molar-refractivity contribution is 6.39. The molecule has 1 fully saturated rings. The lowest BCUT2D eigenvalue weighted by Gasteiger charge is -2.20. The normalized spacial score (nSPS) is 17.0. The van der Waals surface area contributed by atoms with Gasteiger partial charge >= 0.3 is 0 Å². The number of halogens is 2. The Morgan fingerprint density at radius 2 is 1.84 bits per heavy atom. The zero-order chi connectivity index (χ0) is 18.1. The van der Waals surface area contributed by atoms with Gasteiger partial charge in [-0.2, -0.15) is 0 Å². The van der Waals surface area contributed by atoms with Crippen molar-refractivity contribution in [3.05, 3.63) is 57.6 Å². The van der Waals surface area contributed by atoms with Crippen LogP contribution in [0.2, 0.25) is 10.0 Å². The van der Waals surface area contributed by atoms with Crippen LogP contribution in [0.4, 0.5) is 11.4 Å². The summed E-state index contributed by atoms with van der Waals surface area (Å²) in [6.07, 6.45) is 0.168. The minimum absolute atomic E-state index is 0.0564. The number of anilines is 2. The Morgan fingerprint density at radius 3 is 2.52 bits per heavy atom. The molecule has 1 N–H and O–H groups in total. The molecule has 4 nitrogen and oxygen atoms in total. The number of hydrogen-bond acceptors (Lipinski definition) is 2. The van der Waals surface area contributed by atoms with E-state index in [0.29, 0.717) is 22.3 Å². The van der Waals surface area contributed by atoms with Crippen LogP contribution in [0.3, 0.4) is 0 Å². The summed E-state index contributed by atoms with van der Waals surface area (Å²) in [6, 6.07) is 11.0. The minimum atomic E-state index is -0.445. The Kier molecular flexibility index (Phi) is 5.02. The molecule has 0 aromatic heterocycles. The van der Waals surface area contributed by atoms with E-state index in [0.717, 1.165) is 16.8 Å². The predicted octanol–water partition coefficient (Wildman–Crippen LogP) is 4.60. The van der Waals surface area contributed by atoms with Crippen molar-refractivity contribution < 1.29 is 9.59 Å². The molecule has 0 bridgehead atoms. The Bertz CT molecular complexity index is 831. The number of carbonyl (C=O) groups is 2. The molecule has 25 heavy (non-hydrogen) atoms. The third kappa shape index (κ3) is 3.65. The molecule has 1 unspecified atom stereocenters. The summed E-state index contributed by atoms with van der Waals surface area (Å²) in [7, 11) is 0. The van der Waals surface area contributed by atoms with Gasteiger partial charge in [0.25, 0.3) is 0 Å². The highest BCUT2D eigenvalue weighted by Gasteiger charge is 2.36. The Labute approximate surface area is 156 Å². The number of rotatable bonds is 3. The Hall–Kier alpha value is -2.04. The molecule has 1 heterocycles. The van der Waals surface area contributed by atoms with Gasteiger partial charge in [-0.25, -0.2) is 0 Å². The fraction of sp³-hybridized carbons (Fsp3) is 0.263. The number of para-hydroxylation sites is 1. The smallest absolute Gasteiger partial charge is 0.229 e. The van der Waals surface area contributed by atoms with Crippen LogP contribution in [0.5, 0.6) is 0 Å². The quantitative estimate of drug-likeness (QED) is 0.850. The van der Waals surface area contributed by atoms with Crippen LogP contribution < -0.4 is 10.2 Å². The van der Waals surface area contributed by atoms with Crippen molar-refractivity contribution in [2.24, 2.45) is 5.92 Å². The number of aryl methyl sites for hydroxylation is 2. The molecular weight excluding hydrogens is 359 g/mol. The van der Waals surface area contributed by atoms with Crippen LogP contribution in [-0.4, -0.2) is 18.4 Å². The minimum Gasteiger partial charge on any atom is -0.323 e. The van der Waals surface area contributed by atoms with Crippen LogP contribution in [-0.2, 0) is 9.59 Å². The van der Waals surface area contributed by atoms with Crippen molar-refractivity contribution in [2.45, 2.75) is 20.3 Å². The molecule has 0 aliphatic carbocycles. The molecule has 2 aromatic carbocycles. The molecule has 2 aromatic rings. The highest BCUT2D eigenvalue weighted by Crippen LogP contribution is 2.32. The van der Waals surface area contributed by atoms with Gasteiger partial charge in [-0.3, -0.25) is 9.59 Å². The van der Waals surface area contributed by atoms with Crippen LogP contribution in [0.15, 0.2) is 36.4 Å². The van der Waals surface area contributed by atoms with Gasteiger partial charge < -0.3 is 10.2 Å². The molecule has 2 amide bonds. The summed E-state index contributed by atoms with van der Waals surface area (Å²) in [5.41, 5.74) is 3.32. The van der Waals surface area contributed by atoms with Gasteiger partial charge in [0.2, 0.25) is 11.8 Å². The van der Waals surface area contributed by atoms with E-state index < -0.39 is 5.92 Å². The molecule has 0 radical (unpaired) electrons. The van der Waals surface area contributed by atoms with Crippen molar-refractivity contribution in [2.75, 3.05) is 16.8 Å². The maximum absolute atomic E-state index is 12.6. The molecule has 1 aliphatic rings. The largest absolute Gasteiger partial charge is 0.323 e. The molecule has 6 heteroatoms. The lowest BCUT2D eigenvalue weighted by Crippen LogP contribution is -2.28. The second-order valence-electron chi connectivity index (χ2n) is 6.28. The second kappa shape index (κ2) is 7.06. The summed E-state index contributed by atoms with van der Waals surface area (Å²) in [6.45, 7) is 4.28. The standard InChI is InChI=1S/C19H18Cl2N2O2/c1-11-6-7-12(2)16(8-11)23-10-13(9-17(23)24)19(25)22-18-14(20)4-3-5-15(18)21/h3-8,13H,9-10H2,1-2H3,(H,22,25). The predicted molar refractivity (Wildman–Crippen MR) is 101 cm³/mol. The Morgan fingerprint density at radius 1 is 1.16 bits per heavy atom. The number of hydrogen-bond donors (Lipinski definition) is 1. The summed E-state index contributed by atoms with van der Waals surface area (Å²) in [5, 5.41) is 3.50. The van der Waals surface area contributed by atoms with Crippen LogP contribution in [0.1, 0.15) is 17.5 Å². The first-order chi connectivity index (χ1) is 11.9. The van der Waals surface area contributed by atoms with Gasteiger partial charge in [0.15, 0.2) is 0 Å². The van der Waals surface area contributed by atoms with E-state index in [9.17, 15) is 9.59 Å². The van der Waals surface area contributed by atoms with E-state index in [1.54, 1.807) is 23.1 Å². The first-order valence-electron chi connectivity index (χ1n) is 7.99. The molecule has 1 atom stereocenters. The third-order valence-electron chi connectivity index (χ3n) is 4.36. The van der Waals surface area contributed by atoms with E-state index in [2.05, 4.69) is 5.32 Å². The topological polar surface area (TPSA) is 49.4 Å². The fourth-order valence-corrected chi connectivity index (χ4v) is 3.46. The number of nitrogens with zero attached hydrogens (tertiary/aromatic N) is 1. The third-order valence-corrected chi connectivity index (χ3v) is 4.99. The molecule has 0 spiro atoms. The molecule has 1 aliphatic heterocycles. The average Bonchev–Trinajstić information content (AvgIpc) is 2.95. The summed E-state index contributed by atoms with van der Waals surface area (Å²) in [4.78, 5) is 26.7. The van der Waals surface area contributed by atoms with Crippen molar-refractivity contribution in [1.29, 1.82) is 0 Å². The monoisotopic (exact) mass is 376 g/mol. The molecule has 0 saturated carbocycles. The van der Waals surface area contributed by atoms with Crippen molar-refractivity contribution in [3.63, 3.8) is 0 Å². The number of nitrogens with one attached hydrogen (secondary N) is 1. The van der Waals surface area contributed by atoms with Crippen LogP contribution in [0.25, 0.3) is 0 Å². The second-order valence-corrected chi connectivity index (χ2v) is 7.10. The van der Waals surface area contributed by atoms with Gasteiger partial charge in [-0.05, 0) is 43.2 Å². The average molecular weight is 377 g/mol. The van der Waals surface area contributed by atoms with Gasteiger partial charge in [-0.15, -0.1) is 0 Å². The maximum atomic E-state index is 12.6. The molecule has 130 valence electrons. The van der Waals surface area contributed by atoms with E-state index in [1.165, 1.54) is 0 Å². The van der Waals surface area contributed by atoms with Gasteiger partial charge in [0, 0.05) is 18.7 Å². The lowest BCUT2D eigenvalue weighted by molar-refractivity contribution is -0.122. The van der Waals surface area contributed by atoms with Crippen LogP contribution in [0, 0.1) is 19.8 Å². The van der Waals surface area contributed by atoms with Crippen molar-refractivity contribution in [1.82, 2.24) is 0 Å². The zero-order valence-electron chi connectivity index (χ0n) is 14.0. The summed E-state index contributed by atoms with van der Waals surface area (Å²) >= 11 is 12.2. The van der Waals surface area contributed by atoms with E-state index in [1.807, 2.05) is 32.0 Å². The van der Waals surface area contributed by atoms with Gasteiger partial charge in [0.05, 0.1) is 21.7 Å².